The minimum absolute atomic E-state index is 0.0980. The third-order valence-electron chi connectivity index (χ3n) is 3.09. The van der Waals surface area contributed by atoms with Crippen LogP contribution in [0.5, 0.6) is 0 Å². The molecule has 0 spiro atoms. The molecule has 1 atom stereocenters. The van der Waals surface area contributed by atoms with Crippen molar-refractivity contribution >= 4 is 11.8 Å². The van der Waals surface area contributed by atoms with Crippen LogP contribution in [0.1, 0.15) is 54.6 Å². The van der Waals surface area contributed by atoms with E-state index in [0.717, 1.165) is 0 Å². The van der Waals surface area contributed by atoms with Crippen LogP contribution in [0.4, 0.5) is 0 Å². The van der Waals surface area contributed by atoms with Crippen LogP contribution in [-0.2, 0) is 4.74 Å². The molecule has 0 saturated heterocycles. The maximum Gasteiger partial charge on any atom is 0.352 e. The number of Topliss-reactive ketones (excluding diaryl/α,β-unsaturated/α-hetero) is 1. The van der Waals surface area contributed by atoms with Gasteiger partial charge in [0.25, 0.3) is 0 Å². The van der Waals surface area contributed by atoms with E-state index < -0.39 is 5.97 Å². The zero-order valence-corrected chi connectivity index (χ0v) is 11.8. The van der Waals surface area contributed by atoms with Crippen molar-refractivity contribution in [3.05, 3.63) is 23.5 Å². The van der Waals surface area contributed by atoms with E-state index in [1.807, 2.05) is 20.8 Å². The fourth-order valence-electron chi connectivity index (χ4n) is 1.95. The lowest BCUT2D eigenvalue weighted by Crippen LogP contribution is -2.23. The van der Waals surface area contributed by atoms with Gasteiger partial charge >= 0.3 is 5.97 Å². The van der Waals surface area contributed by atoms with Gasteiger partial charge in [0, 0.05) is 18.4 Å². The second-order valence-corrected chi connectivity index (χ2v) is 4.85. The van der Waals surface area contributed by atoms with Crippen LogP contribution >= 0.6 is 0 Å². The maximum atomic E-state index is 11.4. The fourth-order valence-corrected chi connectivity index (χ4v) is 1.95. The molecule has 5 heteroatoms. The van der Waals surface area contributed by atoms with Gasteiger partial charge in [-0.2, -0.15) is 0 Å². The highest BCUT2D eigenvalue weighted by molar-refractivity contribution is 5.97. The first kappa shape index (κ1) is 15.4. The van der Waals surface area contributed by atoms with Gasteiger partial charge in [0.1, 0.15) is 5.69 Å². The Balaban J connectivity index is 3.19. The number of aromatic nitrogens is 1. The van der Waals surface area contributed by atoms with Crippen molar-refractivity contribution in [2.75, 3.05) is 13.2 Å². The predicted octanol–water partition coefficient (Wildman–Crippen LogP) is 2.62. The summed E-state index contributed by atoms with van der Waals surface area (Å²) >= 11 is 0. The summed E-state index contributed by atoms with van der Waals surface area (Å²) in [6.45, 7) is 8.34. The Hall–Kier alpha value is -1.62. The summed E-state index contributed by atoms with van der Waals surface area (Å²) in [5.41, 5.74) is 0.545. The third-order valence-corrected chi connectivity index (χ3v) is 3.09. The molecule has 0 aliphatic carbocycles. The number of carboxylic acid groups (broad SMARTS) is 1. The number of carbonyl (C=O) groups excluding carboxylic acids is 1. The Morgan fingerprint density at radius 3 is 2.47 bits per heavy atom. The number of hydrogen-bond donors (Lipinski definition) is 1. The second kappa shape index (κ2) is 6.52. The van der Waals surface area contributed by atoms with Crippen LogP contribution in [0.15, 0.2) is 12.3 Å². The van der Waals surface area contributed by atoms with Crippen molar-refractivity contribution in [1.82, 2.24) is 4.57 Å². The molecular weight excluding hydrogens is 246 g/mol. The SMILES string of the molecule is CCOCC(C(C)C)n1cc(C(C)=O)cc1C(=O)O. The summed E-state index contributed by atoms with van der Waals surface area (Å²) in [5, 5.41) is 9.24. The first-order chi connectivity index (χ1) is 8.88. The van der Waals surface area contributed by atoms with Crippen LogP contribution in [-0.4, -0.2) is 34.6 Å². The molecule has 0 aliphatic heterocycles. The van der Waals surface area contributed by atoms with Crippen molar-refractivity contribution in [3.8, 4) is 0 Å². The molecular formula is C14H21NO4. The topological polar surface area (TPSA) is 68.5 Å². The number of carbonyl (C=O) groups is 2. The van der Waals surface area contributed by atoms with Gasteiger partial charge in [-0.25, -0.2) is 4.79 Å². The van der Waals surface area contributed by atoms with Crippen molar-refractivity contribution in [1.29, 1.82) is 0 Å². The molecule has 1 heterocycles. The number of nitrogens with zero attached hydrogens (tertiary/aromatic N) is 1. The van der Waals surface area contributed by atoms with Gasteiger partial charge in [-0.1, -0.05) is 13.8 Å². The number of rotatable bonds is 7. The minimum atomic E-state index is -1.03. The van der Waals surface area contributed by atoms with E-state index >= 15 is 0 Å². The van der Waals surface area contributed by atoms with Gasteiger partial charge in [0.2, 0.25) is 0 Å². The number of ketones is 1. The van der Waals surface area contributed by atoms with Crippen LogP contribution in [0.25, 0.3) is 0 Å². The second-order valence-electron chi connectivity index (χ2n) is 4.85. The van der Waals surface area contributed by atoms with E-state index in [2.05, 4.69) is 0 Å². The van der Waals surface area contributed by atoms with E-state index in [0.29, 0.717) is 18.8 Å². The fraction of sp³-hybridized carbons (Fsp3) is 0.571. The Morgan fingerprint density at radius 1 is 1.42 bits per heavy atom. The molecule has 106 valence electrons. The molecule has 19 heavy (non-hydrogen) atoms. The van der Waals surface area contributed by atoms with Gasteiger partial charge in [-0.3, -0.25) is 4.79 Å². The lowest BCUT2D eigenvalue weighted by Gasteiger charge is -2.24. The Labute approximate surface area is 113 Å². The molecule has 0 aromatic carbocycles. The molecule has 0 bridgehead atoms. The summed E-state index contributed by atoms with van der Waals surface area (Å²) in [5.74, 6) is -0.966. The largest absolute Gasteiger partial charge is 0.477 e. The normalized spacial score (nSPS) is 12.7. The first-order valence-corrected chi connectivity index (χ1v) is 6.42. The summed E-state index contributed by atoms with van der Waals surface area (Å²) in [7, 11) is 0. The monoisotopic (exact) mass is 267 g/mol. The number of ether oxygens (including phenoxy) is 1. The average Bonchev–Trinajstić information content (AvgIpc) is 2.74. The van der Waals surface area contributed by atoms with E-state index in [4.69, 9.17) is 4.74 Å². The van der Waals surface area contributed by atoms with Crippen LogP contribution < -0.4 is 0 Å². The Kier molecular flexibility index (Phi) is 5.30. The quantitative estimate of drug-likeness (QED) is 0.771. The molecule has 1 aromatic rings. The average molecular weight is 267 g/mol. The molecule has 1 rings (SSSR count). The lowest BCUT2D eigenvalue weighted by atomic mass is 10.0. The Bertz CT molecular complexity index is 462. The van der Waals surface area contributed by atoms with Crippen molar-refractivity contribution in [3.63, 3.8) is 0 Å². The van der Waals surface area contributed by atoms with Crippen molar-refractivity contribution in [2.24, 2.45) is 5.92 Å². The van der Waals surface area contributed by atoms with E-state index in [9.17, 15) is 14.7 Å². The zero-order chi connectivity index (χ0) is 14.6. The molecule has 0 radical (unpaired) electrons. The van der Waals surface area contributed by atoms with Crippen molar-refractivity contribution < 1.29 is 19.4 Å². The summed E-state index contributed by atoms with van der Waals surface area (Å²) in [6.07, 6.45) is 1.61. The Morgan fingerprint density at radius 2 is 2.05 bits per heavy atom. The van der Waals surface area contributed by atoms with Crippen LogP contribution in [0.3, 0.4) is 0 Å². The maximum absolute atomic E-state index is 11.4. The van der Waals surface area contributed by atoms with Gasteiger partial charge in [-0.05, 0) is 25.8 Å². The van der Waals surface area contributed by atoms with Crippen LogP contribution in [0.2, 0.25) is 0 Å². The van der Waals surface area contributed by atoms with Gasteiger partial charge in [-0.15, -0.1) is 0 Å². The molecule has 5 nitrogen and oxygen atoms in total. The van der Waals surface area contributed by atoms with E-state index in [1.54, 1.807) is 10.8 Å². The molecule has 0 aliphatic rings. The molecule has 1 unspecified atom stereocenters. The highest BCUT2D eigenvalue weighted by atomic mass is 16.5. The standard InChI is InChI=1S/C14H21NO4/c1-5-19-8-13(9(2)3)15-7-11(10(4)16)6-12(15)14(17)18/h6-7,9,13H,5,8H2,1-4H3,(H,17,18). The number of aromatic carboxylic acids is 1. The van der Waals surface area contributed by atoms with Crippen molar-refractivity contribution in [2.45, 2.75) is 33.7 Å². The molecule has 1 N–H and O–H groups in total. The predicted molar refractivity (Wildman–Crippen MR) is 71.8 cm³/mol. The van der Waals surface area contributed by atoms with Crippen LogP contribution in [0, 0.1) is 5.92 Å². The number of hydrogen-bond acceptors (Lipinski definition) is 3. The molecule has 0 saturated carbocycles. The number of carboxylic acids is 1. The van der Waals surface area contributed by atoms with E-state index in [1.165, 1.54) is 13.0 Å². The first-order valence-electron chi connectivity index (χ1n) is 6.42. The highest BCUT2D eigenvalue weighted by Gasteiger charge is 2.23. The minimum Gasteiger partial charge on any atom is -0.477 e. The summed E-state index contributed by atoms with van der Waals surface area (Å²) in [4.78, 5) is 22.7. The molecule has 0 fully saturated rings. The van der Waals surface area contributed by atoms with Gasteiger partial charge in [0.05, 0.1) is 12.6 Å². The highest BCUT2D eigenvalue weighted by Crippen LogP contribution is 2.23. The summed E-state index contributed by atoms with van der Waals surface area (Å²) < 4.78 is 7.06. The lowest BCUT2D eigenvalue weighted by molar-refractivity contribution is 0.0659. The third kappa shape index (κ3) is 3.67. The smallest absolute Gasteiger partial charge is 0.352 e. The summed E-state index contributed by atoms with van der Waals surface area (Å²) in [6, 6.07) is 1.32. The molecule has 0 amide bonds. The zero-order valence-electron chi connectivity index (χ0n) is 11.8. The molecule has 1 aromatic heterocycles. The van der Waals surface area contributed by atoms with E-state index in [-0.39, 0.29) is 23.4 Å². The van der Waals surface area contributed by atoms with Gasteiger partial charge < -0.3 is 14.4 Å². The van der Waals surface area contributed by atoms with Gasteiger partial charge in [0.15, 0.2) is 5.78 Å².